The monoisotopic (exact) mass is 324 g/mol. The van der Waals surface area contributed by atoms with Crippen LogP contribution in [-0.4, -0.2) is 29.4 Å². The third-order valence-corrected chi connectivity index (χ3v) is 4.36. The van der Waals surface area contributed by atoms with Crippen LogP contribution in [-0.2, 0) is 9.31 Å². The molecular formula is C14H18BBrO3. The molecule has 1 aromatic rings. The number of carbonyl (C=O) groups is 1. The number of benzene rings is 1. The van der Waals surface area contributed by atoms with Gasteiger partial charge in [0.15, 0.2) is 5.78 Å². The van der Waals surface area contributed by atoms with E-state index in [0.717, 1.165) is 5.46 Å². The van der Waals surface area contributed by atoms with Crippen LogP contribution in [0.1, 0.15) is 38.1 Å². The molecule has 1 aliphatic rings. The first-order valence-electron chi connectivity index (χ1n) is 6.31. The van der Waals surface area contributed by atoms with Crippen molar-refractivity contribution in [3.63, 3.8) is 0 Å². The second-order valence-corrected chi connectivity index (χ2v) is 6.33. The Morgan fingerprint density at radius 1 is 1.21 bits per heavy atom. The minimum absolute atomic E-state index is 0.0540. The smallest absolute Gasteiger partial charge is 0.399 e. The molecule has 0 spiro atoms. The van der Waals surface area contributed by atoms with Crippen molar-refractivity contribution >= 4 is 34.3 Å². The van der Waals surface area contributed by atoms with Crippen LogP contribution in [0.15, 0.2) is 24.3 Å². The molecule has 1 aromatic carbocycles. The molecule has 1 heterocycles. The van der Waals surface area contributed by atoms with E-state index >= 15 is 0 Å². The lowest BCUT2D eigenvalue weighted by Gasteiger charge is -2.32. The second kappa shape index (κ2) is 5.04. The Morgan fingerprint density at radius 2 is 1.79 bits per heavy atom. The predicted octanol–water partition coefficient (Wildman–Crippen LogP) is 2.56. The maximum atomic E-state index is 11.7. The molecule has 0 aromatic heterocycles. The fourth-order valence-electron chi connectivity index (χ4n) is 1.92. The van der Waals surface area contributed by atoms with Gasteiger partial charge in [0.2, 0.25) is 0 Å². The van der Waals surface area contributed by atoms with Gasteiger partial charge in [-0.2, -0.15) is 0 Å². The second-order valence-electron chi connectivity index (χ2n) is 5.77. The first kappa shape index (κ1) is 14.8. The number of rotatable bonds is 3. The van der Waals surface area contributed by atoms with Gasteiger partial charge in [0.1, 0.15) is 0 Å². The van der Waals surface area contributed by atoms with Gasteiger partial charge < -0.3 is 9.31 Å². The zero-order valence-corrected chi connectivity index (χ0v) is 13.3. The SMILES string of the molecule is CC1(C)OB(c2cccc(C(=O)CBr)c2)OC1(C)C. The van der Waals surface area contributed by atoms with E-state index in [-0.39, 0.29) is 17.0 Å². The molecule has 3 nitrogen and oxygen atoms in total. The Hall–Kier alpha value is -0.645. The van der Waals surface area contributed by atoms with E-state index in [4.69, 9.17) is 9.31 Å². The van der Waals surface area contributed by atoms with Gasteiger partial charge in [0, 0.05) is 5.56 Å². The molecule has 0 bridgehead atoms. The van der Waals surface area contributed by atoms with E-state index in [1.54, 1.807) is 6.07 Å². The average Bonchev–Trinajstić information content (AvgIpc) is 2.58. The fraction of sp³-hybridized carbons (Fsp3) is 0.500. The number of carbonyl (C=O) groups excluding carboxylic acids is 1. The summed E-state index contributed by atoms with van der Waals surface area (Å²) in [7, 11) is -0.423. The number of hydrogen-bond acceptors (Lipinski definition) is 3. The van der Waals surface area contributed by atoms with Crippen molar-refractivity contribution in [2.24, 2.45) is 0 Å². The van der Waals surface area contributed by atoms with Crippen molar-refractivity contribution in [3.8, 4) is 0 Å². The highest BCUT2D eigenvalue weighted by molar-refractivity contribution is 9.09. The lowest BCUT2D eigenvalue weighted by atomic mass is 9.78. The molecule has 0 radical (unpaired) electrons. The normalized spacial score (nSPS) is 20.6. The van der Waals surface area contributed by atoms with E-state index in [9.17, 15) is 4.79 Å². The minimum atomic E-state index is -0.423. The van der Waals surface area contributed by atoms with E-state index in [0.29, 0.717) is 10.9 Å². The molecule has 19 heavy (non-hydrogen) atoms. The number of hydrogen-bond donors (Lipinski definition) is 0. The average molecular weight is 325 g/mol. The molecule has 0 unspecified atom stereocenters. The molecule has 0 amide bonds. The van der Waals surface area contributed by atoms with Gasteiger partial charge in [-0.25, -0.2) is 0 Å². The summed E-state index contributed by atoms with van der Waals surface area (Å²) in [5.41, 5.74) is 0.815. The van der Waals surface area contributed by atoms with Crippen molar-refractivity contribution in [3.05, 3.63) is 29.8 Å². The van der Waals surface area contributed by atoms with Gasteiger partial charge in [0.05, 0.1) is 16.5 Å². The first-order valence-corrected chi connectivity index (χ1v) is 7.44. The molecule has 1 aliphatic heterocycles. The van der Waals surface area contributed by atoms with Gasteiger partial charge in [-0.05, 0) is 33.2 Å². The van der Waals surface area contributed by atoms with Crippen LogP contribution in [0.4, 0.5) is 0 Å². The summed E-state index contributed by atoms with van der Waals surface area (Å²) < 4.78 is 11.9. The van der Waals surface area contributed by atoms with Crippen LogP contribution >= 0.6 is 15.9 Å². The van der Waals surface area contributed by atoms with Crippen molar-refractivity contribution in [1.82, 2.24) is 0 Å². The molecular weight excluding hydrogens is 307 g/mol. The van der Waals surface area contributed by atoms with Crippen LogP contribution in [0.25, 0.3) is 0 Å². The summed E-state index contributed by atoms with van der Waals surface area (Å²) in [5.74, 6) is 0.0540. The standard InChI is InChI=1S/C14H18BBrO3/c1-13(2)14(3,4)19-15(18-13)11-7-5-6-10(8-11)12(17)9-16/h5-8H,9H2,1-4H3. The fourth-order valence-corrected chi connectivity index (χ4v) is 2.24. The summed E-state index contributed by atoms with van der Waals surface area (Å²) in [6.45, 7) is 8.06. The molecule has 0 atom stereocenters. The largest absolute Gasteiger partial charge is 0.494 e. The van der Waals surface area contributed by atoms with Crippen LogP contribution < -0.4 is 5.46 Å². The van der Waals surface area contributed by atoms with Crippen LogP contribution in [0, 0.1) is 0 Å². The molecule has 5 heteroatoms. The van der Waals surface area contributed by atoms with Gasteiger partial charge in [-0.3, -0.25) is 4.79 Å². The Kier molecular flexibility index (Phi) is 3.91. The molecule has 1 fully saturated rings. The Morgan fingerprint density at radius 3 is 2.32 bits per heavy atom. The molecule has 0 saturated carbocycles. The molecule has 1 saturated heterocycles. The van der Waals surface area contributed by atoms with Crippen molar-refractivity contribution < 1.29 is 14.1 Å². The maximum Gasteiger partial charge on any atom is 0.494 e. The zero-order chi connectivity index (χ0) is 14.3. The summed E-state index contributed by atoms with van der Waals surface area (Å²) in [6.07, 6.45) is 0. The van der Waals surface area contributed by atoms with E-state index in [1.165, 1.54) is 0 Å². The predicted molar refractivity (Wildman–Crippen MR) is 80.3 cm³/mol. The highest BCUT2D eigenvalue weighted by atomic mass is 79.9. The summed E-state index contributed by atoms with van der Waals surface area (Å²) in [5, 5.41) is 0.319. The third kappa shape index (κ3) is 2.78. The molecule has 0 N–H and O–H groups in total. The zero-order valence-electron chi connectivity index (χ0n) is 11.7. The minimum Gasteiger partial charge on any atom is -0.399 e. The number of halogens is 1. The van der Waals surface area contributed by atoms with E-state index in [1.807, 2.05) is 45.9 Å². The lowest BCUT2D eigenvalue weighted by molar-refractivity contribution is 0.00578. The van der Waals surface area contributed by atoms with Gasteiger partial charge in [-0.1, -0.05) is 40.2 Å². The molecule has 102 valence electrons. The van der Waals surface area contributed by atoms with Crippen LogP contribution in [0.5, 0.6) is 0 Å². The van der Waals surface area contributed by atoms with Crippen LogP contribution in [0.2, 0.25) is 0 Å². The van der Waals surface area contributed by atoms with Crippen LogP contribution in [0.3, 0.4) is 0 Å². The Bertz CT molecular complexity index is 483. The van der Waals surface area contributed by atoms with Gasteiger partial charge in [-0.15, -0.1) is 0 Å². The van der Waals surface area contributed by atoms with E-state index < -0.39 is 7.12 Å². The van der Waals surface area contributed by atoms with Crippen molar-refractivity contribution in [2.75, 3.05) is 5.33 Å². The summed E-state index contributed by atoms with van der Waals surface area (Å²) >= 11 is 3.18. The van der Waals surface area contributed by atoms with Gasteiger partial charge in [0.25, 0.3) is 0 Å². The molecule has 2 rings (SSSR count). The third-order valence-electron chi connectivity index (χ3n) is 3.86. The summed E-state index contributed by atoms with van der Waals surface area (Å²) in [4.78, 5) is 11.7. The summed E-state index contributed by atoms with van der Waals surface area (Å²) in [6, 6.07) is 7.42. The highest BCUT2D eigenvalue weighted by Crippen LogP contribution is 2.36. The number of ketones is 1. The number of alkyl halides is 1. The van der Waals surface area contributed by atoms with Crippen molar-refractivity contribution in [1.29, 1.82) is 0 Å². The molecule has 0 aliphatic carbocycles. The van der Waals surface area contributed by atoms with Crippen molar-refractivity contribution in [2.45, 2.75) is 38.9 Å². The lowest BCUT2D eigenvalue weighted by Crippen LogP contribution is -2.41. The Balaban J connectivity index is 2.27. The topological polar surface area (TPSA) is 35.5 Å². The Labute approximate surface area is 122 Å². The first-order chi connectivity index (χ1) is 8.77. The number of Topliss-reactive ketones (excluding diaryl/α,β-unsaturated/α-hetero) is 1. The highest BCUT2D eigenvalue weighted by Gasteiger charge is 2.51. The van der Waals surface area contributed by atoms with E-state index in [2.05, 4.69) is 15.9 Å². The maximum absolute atomic E-state index is 11.7. The van der Waals surface area contributed by atoms with Gasteiger partial charge >= 0.3 is 7.12 Å². The quantitative estimate of drug-likeness (QED) is 0.487.